The van der Waals surface area contributed by atoms with Gasteiger partial charge in [0, 0.05) is 25.8 Å². The first-order valence-electron chi connectivity index (χ1n) is 8.29. The lowest BCUT2D eigenvalue weighted by molar-refractivity contribution is 0.0730. The summed E-state index contributed by atoms with van der Waals surface area (Å²) in [7, 11) is -3.52. The molecule has 8 nitrogen and oxygen atoms in total. The number of hydrogen-bond acceptors (Lipinski definition) is 7. The van der Waals surface area contributed by atoms with E-state index in [1.165, 1.54) is 10.5 Å². The van der Waals surface area contributed by atoms with Crippen LogP contribution in [0.15, 0.2) is 41.4 Å². The van der Waals surface area contributed by atoms with Crippen LogP contribution in [-0.4, -0.2) is 50.8 Å². The Balaban J connectivity index is 1.41. The highest BCUT2D eigenvalue weighted by atomic mass is 32.2. The monoisotopic (exact) mass is 377 g/mol. The second-order valence-corrected chi connectivity index (χ2v) is 7.87. The van der Waals surface area contributed by atoms with Crippen molar-refractivity contribution in [1.82, 2.24) is 9.29 Å². The zero-order valence-corrected chi connectivity index (χ0v) is 14.9. The molecule has 2 aromatic rings. The highest BCUT2D eigenvalue weighted by molar-refractivity contribution is 7.89. The minimum absolute atomic E-state index is 0.188. The van der Waals surface area contributed by atoms with E-state index in [9.17, 15) is 8.42 Å². The molecule has 0 bridgehead atoms. The van der Waals surface area contributed by atoms with Crippen LogP contribution in [0.25, 0.3) is 0 Å². The molecule has 2 aliphatic rings. The number of hydrogen-bond donors (Lipinski definition) is 1. The Kier molecular flexibility index (Phi) is 4.66. The molecule has 0 unspecified atom stereocenters. The van der Waals surface area contributed by atoms with Crippen molar-refractivity contribution in [2.75, 3.05) is 38.4 Å². The van der Waals surface area contributed by atoms with Crippen molar-refractivity contribution in [2.24, 2.45) is 0 Å². The Labute approximate surface area is 151 Å². The zero-order valence-electron chi connectivity index (χ0n) is 14.1. The molecule has 0 radical (unpaired) electrons. The SMILES string of the molecule is O=S(=O)(c1ccc(NCc2ccc3c(c2)OCO3)nc1)N1CCOCC1. The van der Waals surface area contributed by atoms with Crippen molar-refractivity contribution >= 4 is 15.8 Å². The summed E-state index contributed by atoms with van der Waals surface area (Å²) in [6.07, 6.45) is 1.38. The minimum atomic E-state index is -3.52. The first-order chi connectivity index (χ1) is 12.6. The maximum absolute atomic E-state index is 12.6. The molecule has 26 heavy (non-hydrogen) atoms. The second kappa shape index (κ2) is 7.10. The van der Waals surface area contributed by atoms with Crippen LogP contribution in [0.5, 0.6) is 11.5 Å². The molecule has 0 aliphatic carbocycles. The van der Waals surface area contributed by atoms with Crippen LogP contribution in [0.1, 0.15) is 5.56 Å². The highest BCUT2D eigenvalue weighted by Gasteiger charge is 2.26. The summed E-state index contributed by atoms with van der Waals surface area (Å²) in [6.45, 7) is 2.36. The molecule has 138 valence electrons. The topological polar surface area (TPSA) is 90.0 Å². The number of fused-ring (bicyclic) bond motifs is 1. The lowest BCUT2D eigenvalue weighted by Gasteiger charge is -2.25. The number of rotatable bonds is 5. The fourth-order valence-electron chi connectivity index (χ4n) is 2.82. The number of nitrogens with zero attached hydrogens (tertiary/aromatic N) is 2. The first kappa shape index (κ1) is 17.1. The van der Waals surface area contributed by atoms with Crippen LogP contribution < -0.4 is 14.8 Å². The third-order valence-corrected chi connectivity index (χ3v) is 6.14. The molecule has 9 heteroatoms. The number of morpholine rings is 1. The lowest BCUT2D eigenvalue weighted by atomic mass is 10.2. The van der Waals surface area contributed by atoms with Gasteiger partial charge in [-0.3, -0.25) is 0 Å². The summed E-state index contributed by atoms with van der Waals surface area (Å²) in [6, 6.07) is 8.95. The third kappa shape index (κ3) is 3.46. The quantitative estimate of drug-likeness (QED) is 0.843. The maximum Gasteiger partial charge on any atom is 0.244 e. The molecule has 1 fully saturated rings. The van der Waals surface area contributed by atoms with E-state index in [0.717, 1.165) is 17.1 Å². The van der Waals surface area contributed by atoms with E-state index in [4.69, 9.17) is 14.2 Å². The summed E-state index contributed by atoms with van der Waals surface area (Å²) in [5, 5.41) is 3.17. The molecule has 1 N–H and O–H groups in total. The van der Waals surface area contributed by atoms with Crippen molar-refractivity contribution < 1.29 is 22.6 Å². The lowest BCUT2D eigenvalue weighted by Crippen LogP contribution is -2.40. The van der Waals surface area contributed by atoms with E-state index < -0.39 is 10.0 Å². The molecular formula is C17H19N3O5S. The number of ether oxygens (including phenoxy) is 3. The standard InChI is InChI=1S/C17H19N3O5S/c21-26(22,20-5-7-23-8-6-20)14-2-4-17(19-11-14)18-10-13-1-3-15-16(9-13)25-12-24-15/h1-4,9,11H,5-8,10,12H2,(H,18,19). The molecule has 0 spiro atoms. The van der Waals surface area contributed by atoms with Crippen LogP contribution in [0.2, 0.25) is 0 Å². The molecule has 2 aliphatic heterocycles. The van der Waals surface area contributed by atoms with Gasteiger partial charge >= 0.3 is 0 Å². The van der Waals surface area contributed by atoms with Crippen molar-refractivity contribution in [3.05, 3.63) is 42.1 Å². The van der Waals surface area contributed by atoms with Crippen LogP contribution in [0.4, 0.5) is 5.82 Å². The van der Waals surface area contributed by atoms with Gasteiger partial charge < -0.3 is 19.5 Å². The molecule has 4 rings (SSSR count). The summed E-state index contributed by atoms with van der Waals surface area (Å²) in [5.74, 6) is 2.07. The van der Waals surface area contributed by atoms with E-state index >= 15 is 0 Å². The zero-order chi connectivity index (χ0) is 18.0. The first-order valence-corrected chi connectivity index (χ1v) is 9.73. The van der Waals surface area contributed by atoms with Crippen molar-refractivity contribution in [1.29, 1.82) is 0 Å². The summed E-state index contributed by atoms with van der Waals surface area (Å²) < 4.78 is 42.4. The molecule has 3 heterocycles. The van der Waals surface area contributed by atoms with Crippen molar-refractivity contribution in [3.63, 3.8) is 0 Å². The minimum Gasteiger partial charge on any atom is -0.454 e. The number of nitrogens with one attached hydrogen (secondary N) is 1. The Morgan fingerprint density at radius 1 is 1.08 bits per heavy atom. The number of pyridine rings is 1. The third-order valence-electron chi connectivity index (χ3n) is 4.25. The average molecular weight is 377 g/mol. The number of sulfonamides is 1. The smallest absolute Gasteiger partial charge is 0.244 e. The van der Waals surface area contributed by atoms with Crippen LogP contribution in [0.3, 0.4) is 0 Å². The fourth-order valence-corrected chi connectivity index (χ4v) is 4.17. The van der Waals surface area contributed by atoms with Gasteiger partial charge in [-0.05, 0) is 29.8 Å². The van der Waals surface area contributed by atoms with Gasteiger partial charge in [0.1, 0.15) is 10.7 Å². The van der Waals surface area contributed by atoms with Gasteiger partial charge in [0.05, 0.1) is 13.2 Å². The summed E-state index contributed by atoms with van der Waals surface area (Å²) >= 11 is 0. The fraction of sp³-hybridized carbons (Fsp3) is 0.353. The van der Waals surface area contributed by atoms with Crippen molar-refractivity contribution in [2.45, 2.75) is 11.4 Å². The van der Waals surface area contributed by atoms with Gasteiger partial charge in [-0.15, -0.1) is 0 Å². The second-order valence-electron chi connectivity index (χ2n) is 5.94. The van der Waals surface area contributed by atoms with E-state index in [1.807, 2.05) is 18.2 Å². The van der Waals surface area contributed by atoms with Gasteiger partial charge in [0.2, 0.25) is 16.8 Å². The van der Waals surface area contributed by atoms with E-state index in [2.05, 4.69) is 10.3 Å². The molecular weight excluding hydrogens is 358 g/mol. The largest absolute Gasteiger partial charge is 0.454 e. The van der Waals surface area contributed by atoms with Crippen molar-refractivity contribution in [3.8, 4) is 11.5 Å². The molecule has 0 saturated carbocycles. The maximum atomic E-state index is 12.6. The van der Waals surface area contributed by atoms with Gasteiger partial charge in [0.25, 0.3) is 0 Å². The normalized spacial score (nSPS) is 17.2. The Morgan fingerprint density at radius 3 is 2.65 bits per heavy atom. The number of anilines is 1. The number of benzene rings is 1. The Bertz CT molecular complexity index is 880. The predicted molar refractivity (Wildman–Crippen MR) is 93.7 cm³/mol. The summed E-state index contributed by atoms with van der Waals surface area (Å²) in [4.78, 5) is 4.41. The van der Waals surface area contributed by atoms with E-state index in [1.54, 1.807) is 12.1 Å². The van der Waals surface area contributed by atoms with Gasteiger partial charge in [-0.1, -0.05) is 6.07 Å². The van der Waals surface area contributed by atoms with Gasteiger partial charge in [-0.25, -0.2) is 13.4 Å². The van der Waals surface area contributed by atoms with E-state index in [0.29, 0.717) is 38.7 Å². The van der Waals surface area contributed by atoms with Crippen LogP contribution >= 0.6 is 0 Å². The van der Waals surface area contributed by atoms with Crippen LogP contribution in [-0.2, 0) is 21.3 Å². The molecule has 1 aromatic heterocycles. The van der Waals surface area contributed by atoms with Crippen LogP contribution in [0, 0.1) is 0 Å². The molecule has 1 saturated heterocycles. The molecule has 0 amide bonds. The summed E-state index contributed by atoms with van der Waals surface area (Å²) in [5.41, 5.74) is 1.01. The average Bonchev–Trinajstić information content (AvgIpc) is 3.15. The van der Waals surface area contributed by atoms with Gasteiger partial charge in [-0.2, -0.15) is 4.31 Å². The number of aromatic nitrogens is 1. The molecule has 1 aromatic carbocycles. The van der Waals surface area contributed by atoms with Gasteiger partial charge in [0.15, 0.2) is 11.5 Å². The van der Waals surface area contributed by atoms with E-state index in [-0.39, 0.29) is 11.7 Å². The Hall–Kier alpha value is -2.36. The molecule has 0 atom stereocenters. The predicted octanol–water partition coefficient (Wildman–Crippen LogP) is 1.44. The highest BCUT2D eigenvalue weighted by Crippen LogP contribution is 2.32. The Morgan fingerprint density at radius 2 is 1.88 bits per heavy atom.